The SMILES string of the molecule is CCOC(=O)C(CC)C(=O)C1CCN(C(=O)OC)CC1. The van der Waals surface area contributed by atoms with E-state index < -0.39 is 11.9 Å². The number of carbonyl (C=O) groups excluding carboxylic acids is 3. The average molecular weight is 285 g/mol. The van der Waals surface area contributed by atoms with Gasteiger partial charge in [-0.2, -0.15) is 0 Å². The van der Waals surface area contributed by atoms with Crippen molar-refractivity contribution >= 4 is 17.8 Å². The number of carbonyl (C=O) groups is 3. The van der Waals surface area contributed by atoms with Gasteiger partial charge in [0, 0.05) is 19.0 Å². The van der Waals surface area contributed by atoms with Crippen LogP contribution in [0.1, 0.15) is 33.1 Å². The Morgan fingerprint density at radius 3 is 2.25 bits per heavy atom. The summed E-state index contributed by atoms with van der Waals surface area (Å²) in [5.41, 5.74) is 0. The van der Waals surface area contributed by atoms with Crippen molar-refractivity contribution in [1.82, 2.24) is 4.90 Å². The van der Waals surface area contributed by atoms with E-state index in [4.69, 9.17) is 4.74 Å². The quantitative estimate of drug-likeness (QED) is 0.567. The number of ketones is 1. The highest BCUT2D eigenvalue weighted by atomic mass is 16.5. The van der Waals surface area contributed by atoms with Crippen LogP contribution >= 0.6 is 0 Å². The molecule has 0 aromatic heterocycles. The van der Waals surface area contributed by atoms with E-state index in [0.29, 0.717) is 32.4 Å². The van der Waals surface area contributed by atoms with Gasteiger partial charge in [-0.3, -0.25) is 9.59 Å². The first-order valence-electron chi connectivity index (χ1n) is 7.08. The summed E-state index contributed by atoms with van der Waals surface area (Å²) in [6.07, 6.45) is 1.23. The number of nitrogens with zero attached hydrogens (tertiary/aromatic N) is 1. The minimum Gasteiger partial charge on any atom is -0.465 e. The number of Topliss-reactive ketones (excluding diaryl/α,β-unsaturated/α-hetero) is 1. The van der Waals surface area contributed by atoms with Gasteiger partial charge in [-0.1, -0.05) is 6.92 Å². The molecule has 0 bridgehead atoms. The van der Waals surface area contributed by atoms with Crippen LogP contribution in [-0.2, 0) is 19.1 Å². The summed E-state index contributed by atoms with van der Waals surface area (Å²) in [6.45, 7) is 4.79. The van der Waals surface area contributed by atoms with Crippen LogP contribution < -0.4 is 0 Å². The predicted octanol–water partition coefficient (Wildman–Crippen LogP) is 1.62. The lowest BCUT2D eigenvalue weighted by atomic mass is 9.84. The Hall–Kier alpha value is -1.59. The minimum atomic E-state index is -0.676. The molecule has 1 fully saturated rings. The van der Waals surface area contributed by atoms with E-state index >= 15 is 0 Å². The number of piperidine rings is 1. The van der Waals surface area contributed by atoms with Crippen LogP contribution in [0.25, 0.3) is 0 Å². The van der Waals surface area contributed by atoms with Crippen LogP contribution in [0.2, 0.25) is 0 Å². The summed E-state index contributed by atoms with van der Waals surface area (Å²) in [4.78, 5) is 37.1. The summed E-state index contributed by atoms with van der Waals surface area (Å²) in [6, 6.07) is 0. The van der Waals surface area contributed by atoms with E-state index in [1.54, 1.807) is 11.8 Å². The maximum atomic E-state index is 12.4. The van der Waals surface area contributed by atoms with E-state index in [9.17, 15) is 14.4 Å². The second-order valence-electron chi connectivity index (χ2n) is 4.85. The van der Waals surface area contributed by atoms with E-state index in [1.807, 2.05) is 6.92 Å². The zero-order valence-electron chi connectivity index (χ0n) is 12.4. The lowest BCUT2D eigenvalue weighted by Gasteiger charge is -2.31. The van der Waals surface area contributed by atoms with Gasteiger partial charge in [-0.15, -0.1) is 0 Å². The van der Waals surface area contributed by atoms with Gasteiger partial charge in [-0.05, 0) is 26.2 Å². The Kier molecular flexibility index (Phi) is 6.48. The van der Waals surface area contributed by atoms with Crippen molar-refractivity contribution < 1.29 is 23.9 Å². The normalized spacial score (nSPS) is 17.4. The molecule has 0 saturated carbocycles. The average Bonchev–Trinajstić information content (AvgIpc) is 2.47. The van der Waals surface area contributed by atoms with Gasteiger partial charge in [0.15, 0.2) is 0 Å². The molecular formula is C14H23NO5. The van der Waals surface area contributed by atoms with Crippen molar-refractivity contribution in [3.63, 3.8) is 0 Å². The van der Waals surface area contributed by atoms with Gasteiger partial charge < -0.3 is 14.4 Å². The number of ether oxygens (including phenoxy) is 2. The summed E-state index contributed by atoms with van der Waals surface area (Å²) >= 11 is 0. The molecule has 1 atom stereocenters. The van der Waals surface area contributed by atoms with E-state index in [2.05, 4.69) is 4.74 Å². The molecule has 114 valence electrons. The lowest BCUT2D eigenvalue weighted by molar-refractivity contribution is -0.153. The zero-order chi connectivity index (χ0) is 15.1. The Balaban J connectivity index is 2.56. The number of likely N-dealkylation sites (tertiary alicyclic amines) is 1. The Morgan fingerprint density at radius 2 is 1.80 bits per heavy atom. The van der Waals surface area contributed by atoms with Gasteiger partial charge in [0.1, 0.15) is 11.7 Å². The maximum absolute atomic E-state index is 12.4. The van der Waals surface area contributed by atoms with Crippen LogP contribution in [0.15, 0.2) is 0 Å². The monoisotopic (exact) mass is 285 g/mol. The molecule has 0 aliphatic carbocycles. The summed E-state index contributed by atoms with van der Waals surface area (Å²) in [5.74, 6) is -1.35. The molecule has 1 saturated heterocycles. The molecule has 0 aromatic carbocycles. The molecule has 6 nitrogen and oxygen atoms in total. The molecule has 0 radical (unpaired) electrons. The van der Waals surface area contributed by atoms with Gasteiger partial charge in [-0.25, -0.2) is 4.79 Å². The number of hydrogen-bond donors (Lipinski definition) is 0. The van der Waals surface area contributed by atoms with Crippen LogP contribution in [0, 0.1) is 11.8 Å². The third kappa shape index (κ3) is 3.95. The van der Waals surface area contributed by atoms with E-state index in [1.165, 1.54) is 7.11 Å². The Morgan fingerprint density at radius 1 is 1.20 bits per heavy atom. The number of rotatable bonds is 5. The Labute approximate surface area is 119 Å². The molecule has 6 heteroatoms. The second kappa shape index (κ2) is 7.87. The lowest BCUT2D eigenvalue weighted by Crippen LogP contribution is -2.42. The molecule has 1 aliphatic heterocycles. The minimum absolute atomic E-state index is 0.0598. The van der Waals surface area contributed by atoms with Gasteiger partial charge in [0.25, 0.3) is 0 Å². The van der Waals surface area contributed by atoms with Crippen molar-refractivity contribution in [1.29, 1.82) is 0 Å². The number of hydrogen-bond acceptors (Lipinski definition) is 5. The zero-order valence-corrected chi connectivity index (χ0v) is 12.4. The fourth-order valence-electron chi connectivity index (χ4n) is 2.49. The standard InChI is InChI=1S/C14H23NO5/c1-4-11(13(17)20-5-2)12(16)10-6-8-15(9-7-10)14(18)19-3/h10-11H,4-9H2,1-3H3. The number of methoxy groups -OCH3 is 1. The highest BCUT2D eigenvalue weighted by molar-refractivity contribution is 6.00. The van der Waals surface area contributed by atoms with Crippen LogP contribution in [0.3, 0.4) is 0 Å². The maximum Gasteiger partial charge on any atom is 0.409 e. The van der Waals surface area contributed by atoms with E-state index in [-0.39, 0.29) is 24.4 Å². The van der Waals surface area contributed by atoms with Gasteiger partial charge >= 0.3 is 12.1 Å². The first-order valence-corrected chi connectivity index (χ1v) is 7.08. The second-order valence-corrected chi connectivity index (χ2v) is 4.85. The smallest absolute Gasteiger partial charge is 0.409 e. The molecule has 1 unspecified atom stereocenters. The van der Waals surface area contributed by atoms with Crippen molar-refractivity contribution in [2.45, 2.75) is 33.1 Å². The van der Waals surface area contributed by atoms with Gasteiger partial charge in [0.05, 0.1) is 13.7 Å². The third-order valence-corrected chi connectivity index (χ3v) is 3.65. The molecule has 1 aliphatic rings. The number of amides is 1. The largest absolute Gasteiger partial charge is 0.465 e. The van der Waals surface area contributed by atoms with Crippen LogP contribution in [0.4, 0.5) is 4.79 Å². The first kappa shape index (κ1) is 16.5. The van der Waals surface area contributed by atoms with E-state index in [0.717, 1.165) is 0 Å². The van der Waals surface area contributed by atoms with Crippen LogP contribution in [-0.4, -0.2) is 49.6 Å². The van der Waals surface area contributed by atoms with Crippen molar-refractivity contribution in [2.24, 2.45) is 11.8 Å². The van der Waals surface area contributed by atoms with Gasteiger partial charge in [0.2, 0.25) is 0 Å². The molecular weight excluding hydrogens is 262 g/mol. The van der Waals surface area contributed by atoms with Crippen molar-refractivity contribution in [2.75, 3.05) is 26.8 Å². The Bertz CT molecular complexity index is 361. The molecule has 0 N–H and O–H groups in total. The van der Waals surface area contributed by atoms with Crippen molar-refractivity contribution in [3.05, 3.63) is 0 Å². The topological polar surface area (TPSA) is 72.9 Å². The molecule has 0 spiro atoms. The summed E-state index contributed by atoms with van der Waals surface area (Å²) < 4.78 is 9.59. The fourth-order valence-corrected chi connectivity index (χ4v) is 2.49. The summed E-state index contributed by atoms with van der Waals surface area (Å²) in [5, 5.41) is 0. The molecule has 1 rings (SSSR count). The molecule has 0 aromatic rings. The predicted molar refractivity (Wildman–Crippen MR) is 72.1 cm³/mol. The highest BCUT2D eigenvalue weighted by Gasteiger charge is 2.34. The number of esters is 1. The summed E-state index contributed by atoms with van der Waals surface area (Å²) in [7, 11) is 1.34. The fraction of sp³-hybridized carbons (Fsp3) is 0.786. The molecule has 1 amide bonds. The molecule has 20 heavy (non-hydrogen) atoms. The molecule has 1 heterocycles. The van der Waals surface area contributed by atoms with Crippen molar-refractivity contribution in [3.8, 4) is 0 Å². The first-order chi connectivity index (χ1) is 9.54. The highest BCUT2D eigenvalue weighted by Crippen LogP contribution is 2.24. The third-order valence-electron chi connectivity index (χ3n) is 3.65. The van der Waals surface area contributed by atoms with Crippen LogP contribution in [0.5, 0.6) is 0 Å².